The summed E-state index contributed by atoms with van der Waals surface area (Å²) in [6.45, 7) is 15.3. The molecule has 1 unspecified atom stereocenters. The zero-order valence-corrected chi connectivity index (χ0v) is 31.8. The second-order valence-electron chi connectivity index (χ2n) is 13.7. The molecule has 1 aliphatic heterocycles. The number of hydrogen-bond donors (Lipinski definition) is 1. The molecule has 9 heteroatoms. The Labute approximate surface area is 307 Å². The van der Waals surface area contributed by atoms with Gasteiger partial charge in [-0.15, -0.1) is 0 Å². The van der Waals surface area contributed by atoms with Crippen LogP contribution >= 0.6 is 0 Å². The van der Waals surface area contributed by atoms with E-state index in [0.717, 1.165) is 102 Å². The lowest BCUT2D eigenvalue weighted by molar-refractivity contribution is -0.112. The first-order valence-corrected chi connectivity index (χ1v) is 19.8. The molecule has 3 aromatic carbocycles. The predicted molar refractivity (Wildman–Crippen MR) is 210 cm³/mol. The number of hydrogen-bond acceptors (Lipinski definition) is 6. The van der Waals surface area contributed by atoms with E-state index in [0.29, 0.717) is 37.0 Å². The number of amides is 1. The third kappa shape index (κ3) is 10.7. The molecular weight excluding hydrogens is 657 g/mol. The molecule has 1 aliphatic rings. The molecule has 0 saturated heterocycles. The number of carbonyl (C=O) groups is 1. The molecule has 1 N–H and O–H groups in total. The number of benzene rings is 3. The second-order valence-corrected chi connectivity index (χ2v) is 15.1. The van der Waals surface area contributed by atoms with Crippen LogP contribution < -0.4 is 15.0 Å². The molecule has 0 radical (unpaired) electrons. The van der Waals surface area contributed by atoms with Crippen molar-refractivity contribution in [1.82, 2.24) is 9.55 Å². The number of imidazole rings is 1. The molecule has 2 heterocycles. The number of ether oxygens (including phenoxy) is 2. The van der Waals surface area contributed by atoms with Crippen LogP contribution in [0.25, 0.3) is 17.2 Å². The highest BCUT2D eigenvalue weighted by Gasteiger charge is 2.21. The van der Waals surface area contributed by atoms with Crippen molar-refractivity contribution in [2.24, 2.45) is 5.92 Å². The molecule has 8 nitrogen and oxygen atoms in total. The molecular formula is C42H54N4O4S. The summed E-state index contributed by atoms with van der Waals surface area (Å²) in [6, 6.07) is 22.1. The standard InChI is InChI=1S/C42H54N4O4S/c1-6-8-23-49-24-25-50-38-16-11-33(12-17-38)34-13-20-40-36(26-34)27-35(10-9-22-45(40)28-31(3)4)42(47)44-37-14-18-39(19-15-37)51(48)29-41-32(5)43-30-46(41)21-7-2/h11-20,26-27,30-31H,6-10,21-25,28-29H2,1-5H3,(H,44,47)/b35-27+. The minimum absolute atomic E-state index is 0.114. The maximum atomic E-state index is 13.7. The Morgan fingerprint density at radius 2 is 1.75 bits per heavy atom. The van der Waals surface area contributed by atoms with Crippen LogP contribution in [0.2, 0.25) is 0 Å². The van der Waals surface area contributed by atoms with Crippen molar-refractivity contribution in [2.45, 2.75) is 83.9 Å². The highest BCUT2D eigenvalue weighted by atomic mass is 32.2. The number of nitrogens with zero attached hydrogens (tertiary/aromatic N) is 3. The molecule has 0 aliphatic carbocycles. The van der Waals surface area contributed by atoms with Crippen molar-refractivity contribution < 1.29 is 18.8 Å². The summed E-state index contributed by atoms with van der Waals surface area (Å²) in [4.78, 5) is 21.3. The highest BCUT2D eigenvalue weighted by Crippen LogP contribution is 2.33. The average Bonchev–Trinajstić information content (AvgIpc) is 3.46. The van der Waals surface area contributed by atoms with Gasteiger partial charge in [0.25, 0.3) is 5.91 Å². The van der Waals surface area contributed by atoms with Gasteiger partial charge in [0.2, 0.25) is 0 Å². The van der Waals surface area contributed by atoms with Gasteiger partial charge in [-0.2, -0.15) is 0 Å². The maximum absolute atomic E-state index is 13.7. The molecule has 1 atom stereocenters. The van der Waals surface area contributed by atoms with E-state index in [1.807, 2.05) is 49.6 Å². The SMILES string of the molecule is CCCCOCCOc1ccc(-c2ccc3c(c2)/C=C(/C(=O)Nc2ccc([S+]([O-])Cc4c(C)ncn4CCC)cc2)CCCN3CC(C)C)cc1. The van der Waals surface area contributed by atoms with Gasteiger partial charge in [0.1, 0.15) is 12.4 Å². The van der Waals surface area contributed by atoms with Crippen LogP contribution in [-0.4, -0.2) is 52.9 Å². The number of unbranched alkanes of at least 4 members (excludes halogenated alkanes) is 1. The van der Waals surface area contributed by atoms with Gasteiger partial charge in [-0.1, -0.05) is 52.3 Å². The van der Waals surface area contributed by atoms with E-state index in [1.54, 1.807) is 0 Å². The van der Waals surface area contributed by atoms with Crippen LogP contribution in [0.1, 0.15) is 76.8 Å². The summed E-state index contributed by atoms with van der Waals surface area (Å²) >= 11 is -1.22. The largest absolute Gasteiger partial charge is 0.611 e. The molecule has 1 amide bonds. The Morgan fingerprint density at radius 1 is 0.980 bits per heavy atom. The van der Waals surface area contributed by atoms with Crippen LogP contribution in [0, 0.1) is 12.8 Å². The fraction of sp³-hybridized carbons (Fsp3) is 0.429. The van der Waals surface area contributed by atoms with Crippen molar-refractivity contribution in [3.63, 3.8) is 0 Å². The van der Waals surface area contributed by atoms with E-state index < -0.39 is 11.2 Å². The summed E-state index contributed by atoms with van der Waals surface area (Å²) < 4.78 is 26.9. The first-order valence-electron chi connectivity index (χ1n) is 18.5. The molecule has 1 aromatic heterocycles. The summed E-state index contributed by atoms with van der Waals surface area (Å²) in [5.74, 6) is 1.62. The molecule has 0 fully saturated rings. The van der Waals surface area contributed by atoms with E-state index in [9.17, 15) is 9.35 Å². The number of fused-ring (bicyclic) bond motifs is 1. The Morgan fingerprint density at radius 3 is 2.47 bits per heavy atom. The second kappa shape index (κ2) is 19.0. The highest BCUT2D eigenvalue weighted by molar-refractivity contribution is 7.90. The first kappa shape index (κ1) is 38.2. The molecule has 272 valence electrons. The average molecular weight is 711 g/mol. The minimum atomic E-state index is -1.22. The van der Waals surface area contributed by atoms with Gasteiger partial charge in [0, 0.05) is 43.2 Å². The number of anilines is 2. The van der Waals surface area contributed by atoms with Gasteiger partial charge in [0.15, 0.2) is 10.6 Å². The Bertz CT molecular complexity index is 1730. The summed E-state index contributed by atoms with van der Waals surface area (Å²) in [5, 5.41) is 3.11. The van der Waals surface area contributed by atoms with Crippen molar-refractivity contribution >= 4 is 34.5 Å². The van der Waals surface area contributed by atoms with Crippen LogP contribution in [0.3, 0.4) is 0 Å². The molecule has 0 spiro atoms. The number of nitrogens with one attached hydrogen (secondary N) is 1. The molecule has 4 aromatic rings. The Kier molecular flexibility index (Phi) is 14.2. The van der Waals surface area contributed by atoms with Crippen molar-refractivity contribution in [2.75, 3.05) is 43.1 Å². The normalized spacial score (nSPS) is 14.7. The Hall–Kier alpha value is -4.05. The van der Waals surface area contributed by atoms with E-state index in [1.165, 1.54) is 0 Å². The Balaban J connectivity index is 1.30. The monoisotopic (exact) mass is 710 g/mol. The number of carbonyl (C=O) groups excluding carboxylic acids is 1. The lowest BCUT2D eigenvalue weighted by Crippen LogP contribution is -2.30. The van der Waals surface area contributed by atoms with Gasteiger partial charge < -0.3 is 28.8 Å². The summed E-state index contributed by atoms with van der Waals surface area (Å²) in [6.07, 6.45) is 8.62. The third-order valence-electron chi connectivity index (χ3n) is 9.04. The van der Waals surface area contributed by atoms with Crippen molar-refractivity contribution in [3.05, 3.63) is 95.6 Å². The van der Waals surface area contributed by atoms with Crippen molar-refractivity contribution in [3.8, 4) is 16.9 Å². The van der Waals surface area contributed by atoms with E-state index >= 15 is 0 Å². The van der Waals surface area contributed by atoms with E-state index in [4.69, 9.17) is 9.47 Å². The lowest BCUT2D eigenvalue weighted by Gasteiger charge is -2.30. The fourth-order valence-corrected chi connectivity index (χ4v) is 7.57. The zero-order chi connectivity index (χ0) is 36.2. The molecule has 5 rings (SSSR count). The first-order chi connectivity index (χ1) is 24.7. The minimum Gasteiger partial charge on any atom is -0.611 e. The fourth-order valence-electron chi connectivity index (χ4n) is 6.34. The van der Waals surface area contributed by atoms with Gasteiger partial charge in [-0.05, 0) is 121 Å². The van der Waals surface area contributed by atoms with Gasteiger partial charge in [-0.3, -0.25) is 4.79 Å². The summed E-state index contributed by atoms with van der Waals surface area (Å²) in [5.41, 5.74) is 7.69. The number of aryl methyl sites for hydroxylation is 2. The smallest absolute Gasteiger partial charge is 0.251 e. The van der Waals surface area contributed by atoms with Crippen molar-refractivity contribution in [1.29, 1.82) is 0 Å². The number of aromatic nitrogens is 2. The van der Waals surface area contributed by atoms with Crippen LogP contribution in [0.4, 0.5) is 11.4 Å². The summed E-state index contributed by atoms with van der Waals surface area (Å²) in [7, 11) is 0. The molecule has 51 heavy (non-hydrogen) atoms. The van der Waals surface area contributed by atoms with E-state index in [2.05, 4.69) is 83.9 Å². The van der Waals surface area contributed by atoms with Gasteiger partial charge in [0.05, 0.1) is 24.3 Å². The molecule has 0 saturated carbocycles. The topological polar surface area (TPSA) is 91.7 Å². The zero-order valence-electron chi connectivity index (χ0n) is 31.0. The maximum Gasteiger partial charge on any atom is 0.251 e. The predicted octanol–water partition coefficient (Wildman–Crippen LogP) is 9.05. The third-order valence-corrected chi connectivity index (χ3v) is 10.4. The molecule has 0 bridgehead atoms. The van der Waals surface area contributed by atoms with Crippen LogP contribution in [0.15, 0.2) is 83.5 Å². The van der Waals surface area contributed by atoms with Crippen LogP contribution in [0.5, 0.6) is 5.75 Å². The van der Waals surface area contributed by atoms with Gasteiger partial charge >= 0.3 is 0 Å². The van der Waals surface area contributed by atoms with Crippen LogP contribution in [-0.2, 0) is 33.0 Å². The van der Waals surface area contributed by atoms with E-state index in [-0.39, 0.29) is 5.91 Å². The lowest BCUT2D eigenvalue weighted by atomic mass is 9.96. The van der Waals surface area contributed by atoms with Gasteiger partial charge in [-0.25, -0.2) is 4.98 Å². The number of rotatable bonds is 17. The quantitative estimate of drug-likeness (QED) is 0.0869.